The average Bonchev–Trinajstić information content (AvgIpc) is 2.79. The minimum absolute atomic E-state index is 0.233. The number of piperidine rings is 1. The Labute approximate surface area is 182 Å². The molecule has 30 heavy (non-hydrogen) atoms. The van der Waals surface area contributed by atoms with Crippen LogP contribution >= 0.6 is 0 Å². The van der Waals surface area contributed by atoms with E-state index in [-0.39, 0.29) is 5.92 Å². The largest absolute Gasteiger partial charge is 0.497 e. The van der Waals surface area contributed by atoms with Crippen molar-refractivity contribution < 1.29 is 9.53 Å². The Morgan fingerprint density at radius 2 is 1.77 bits per heavy atom. The number of carbonyl (C=O) groups is 1. The van der Waals surface area contributed by atoms with E-state index in [0.29, 0.717) is 17.6 Å². The first-order chi connectivity index (χ1) is 14.7. The van der Waals surface area contributed by atoms with Gasteiger partial charge in [-0.3, -0.25) is 9.69 Å². The highest BCUT2D eigenvalue weighted by Crippen LogP contribution is 2.51. The summed E-state index contributed by atoms with van der Waals surface area (Å²) in [5, 5.41) is 0. The van der Waals surface area contributed by atoms with Crippen molar-refractivity contribution in [3.63, 3.8) is 0 Å². The molecule has 3 saturated carbocycles. The smallest absolute Gasteiger partial charge is 0.136 e. The summed E-state index contributed by atoms with van der Waals surface area (Å²) in [4.78, 5) is 16.1. The zero-order valence-electron chi connectivity index (χ0n) is 18.7. The molecular formula is C27H39NO2. The predicted octanol–water partition coefficient (Wildman–Crippen LogP) is 5.51. The van der Waals surface area contributed by atoms with Gasteiger partial charge < -0.3 is 4.74 Å². The molecule has 0 aromatic heterocycles. The number of likely N-dealkylation sites (tertiary alicyclic amines) is 1. The fourth-order valence-corrected chi connectivity index (χ4v) is 7.58. The Balaban J connectivity index is 1.32. The standard InChI is InChI=1S/C27H39NO2/c1-30-22-12-10-19(11-13-22)16-24-23-8-5-9-25-27(23)21(17-26(24)29)14-15-28(25)18-20-6-3-2-4-7-20/h10-13,20-21,23-25,27H,2-9,14-18H2,1H3/t21-,23+,24+,25+,27+/m0/s1. The van der Waals surface area contributed by atoms with Gasteiger partial charge in [0.1, 0.15) is 11.5 Å². The van der Waals surface area contributed by atoms with Crippen LogP contribution < -0.4 is 4.74 Å². The van der Waals surface area contributed by atoms with Gasteiger partial charge in [-0.2, -0.15) is 0 Å². The molecule has 3 heteroatoms. The molecule has 0 amide bonds. The summed E-state index contributed by atoms with van der Waals surface area (Å²) >= 11 is 0. The minimum atomic E-state index is 0.233. The summed E-state index contributed by atoms with van der Waals surface area (Å²) in [6, 6.07) is 9.16. The Bertz CT molecular complexity index is 723. The topological polar surface area (TPSA) is 29.5 Å². The Hall–Kier alpha value is -1.35. The number of ketones is 1. The second-order valence-electron chi connectivity index (χ2n) is 10.6. The second kappa shape index (κ2) is 9.02. The molecule has 1 aliphatic heterocycles. The molecule has 0 radical (unpaired) electrons. The van der Waals surface area contributed by atoms with Gasteiger partial charge in [0.25, 0.3) is 0 Å². The van der Waals surface area contributed by atoms with Crippen LogP contribution in [0.5, 0.6) is 5.75 Å². The first kappa shape index (κ1) is 20.5. The van der Waals surface area contributed by atoms with Gasteiger partial charge in [0, 0.05) is 24.9 Å². The molecule has 1 aromatic carbocycles. The number of methoxy groups -OCH3 is 1. The summed E-state index contributed by atoms with van der Waals surface area (Å²) in [6.07, 6.45) is 14.2. The van der Waals surface area contributed by atoms with Crippen LogP contribution in [0.25, 0.3) is 0 Å². The lowest BCUT2D eigenvalue weighted by Gasteiger charge is -2.56. The third-order valence-electron chi connectivity index (χ3n) is 9.00. The summed E-state index contributed by atoms with van der Waals surface area (Å²) in [7, 11) is 1.71. The molecule has 1 aromatic rings. The van der Waals surface area contributed by atoms with Gasteiger partial charge in [-0.1, -0.05) is 37.8 Å². The molecule has 1 saturated heterocycles. The number of carbonyl (C=O) groups excluding carboxylic acids is 1. The number of hydrogen-bond acceptors (Lipinski definition) is 3. The lowest BCUT2D eigenvalue weighted by atomic mass is 9.55. The summed E-state index contributed by atoms with van der Waals surface area (Å²) in [5.74, 6) is 4.63. The third-order valence-corrected chi connectivity index (χ3v) is 9.00. The normalized spacial score (nSPS) is 35.1. The van der Waals surface area contributed by atoms with E-state index >= 15 is 0 Å². The number of benzene rings is 1. The van der Waals surface area contributed by atoms with Gasteiger partial charge in [0.15, 0.2) is 0 Å². The van der Waals surface area contributed by atoms with Crippen molar-refractivity contribution in [3.05, 3.63) is 29.8 Å². The van der Waals surface area contributed by atoms with Crippen molar-refractivity contribution >= 4 is 5.78 Å². The van der Waals surface area contributed by atoms with Crippen molar-refractivity contribution in [2.45, 2.75) is 76.7 Å². The molecule has 0 unspecified atom stereocenters. The molecule has 5 rings (SSSR count). The van der Waals surface area contributed by atoms with E-state index < -0.39 is 0 Å². The van der Waals surface area contributed by atoms with Crippen LogP contribution in [-0.2, 0) is 11.2 Å². The second-order valence-corrected chi connectivity index (χ2v) is 10.6. The number of ether oxygens (including phenoxy) is 1. The van der Waals surface area contributed by atoms with Crippen LogP contribution in [-0.4, -0.2) is 36.9 Å². The molecule has 0 spiro atoms. The predicted molar refractivity (Wildman–Crippen MR) is 121 cm³/mol. The maximum absolute atomic E-state index is 13.2. The zero-order valence-corrected chi connectivity index (χ0v) is 18.7. The minimum Gasteiger partial charge on any atom is -0.497 e. The van der Waals surface area contributed by atoms with Crippen molar-refractivity contribution in [1.82, 2.24) is 4.90 Å². The van der Waals surface area contributed by atoms with Crippen LogP contribution in [0.3, 0.4) is 0 Å². The van der Waals surface area contributed by atoms with Crippen LogP contribution in [0.4, 0.5) is 0 Å². The van der Waals surface area contributed by atoms with Crippen molar-refractivity contribution in [3.8, 4) is 5.75 Å². The lowest BCUT2D eigenvalue weighted by molar-refractivity contribution is -0.139. The number of rotatable bonds is 5. The number of nitrogens with zero attached hydrogens (tertiary/aromatic N) is 1. The Morgan fingerprint density at radius 3 is 2.53 bits per heavy atom. The van der Waals surface area contributed by atoms with Crippen molar-refractivity contribution in [2.24, 2.45) is 29.6 Å². The Kier molecular flexibility index (Phi) is 6.18. The molecule has 5 atom stereocenters. The molecule has 0 N–H and O–H groups in total. The van der Waals surface area contributed by atoms with Crippen LogP contribution in [0.2, 0.25) is 0 Å². The highest BCUT2D eigenvalue weighted by atomic mass is 16.5. The lowest BCUT2D eigenvalue weighted by Crippen LogP contribution is -2.58. The number of hydrogen-bond donors (Lipinski definition) is 0. The van der Waals surface area contributed by atoms with Gasteiger partial charge in [0.05, 0.1) is 7.11 Å². The van der Waals surface area contributed by atoms with Gasteiger partial charge in [-0.15, -0.1) is 0 Å². The third kappa shape index (κ3) is 4.07. The van der Waals surface area contributed by atoms with Crippen LogP contribution in [0.1, 0.15) is 69.8 Å². The van der Waals surface area contributed by atoms with Crippen molar-refractivity contribution in [1.29, 1.82) is 0 Å². The van der Waals surface area contributed by atoms with Gasteiger partial charge in [-0.05, 0) is 86.4 Å². The van der Waals surface area contributed by atoms with Crippen LogP contribution in [0.15, 0.2) is 24.3 Å². The maximum atomic E-state index is 13.2. The maximum Gasteiger partial charge on any atom is 0.136 e. The van der Waals surface area contributed by atoms with Crippen molar-refractivity contribution in [2.75, 3.05) is 20.2 Å². The SMILES string of the molecule is COc1ccc(C[C@H]2C(=O)C[C@@H]3CCN(CC4CCCCC4)[C@@H]4CCC[C@H]2[C@@H]34)cc1. The first-order valence-corrected chi connectivity index (χ1v) is 12.6. The molecule has 1 heterocycles. The van der Waals surface area contributed by atoms with E-state index in [0.717, 1.165) is 36.5 Å². The van der Waals surface area contributed by atoms with Gasteiger partial charge in [-0.25, -0.2) is 0 Å². The van der Waals surface area contributed by atoms with Gasteiger partial charge in [0.2, 0.25) is 0 Å². The summed E-state index contributed by atoms with van der Waals surface area (Å²) < 4.78 is 5.32. The monoisotopic (exact) mass is 409 g/mol. The van der Waals surface area contributed by atoms with Gasteiger partial charge >= 0.3 is 0 Å². The molecule has 4 fully saturated rings. The molecule has 164 valence electrons. The zero-order chi connectivity index (χ0) is 20.5. The molecule has 3 aliphatic carbocycles. The first-order valence-electron chi connectivity index (χ1n) is 12.6. The quantitative estimate of drug-likeness (QED) is 0.642. The highest BCUT2D eigenvalue weighted by Gasteiger charge is 2.51. The summed E-state index contributed by atoms with van der Waals surface area (Å²) in [5.41, 5.74) is 1.30. The van der Waals surface area contributed by atoms with E-state index in [9.17, 15) is 4.79 Å². The molecule has 3 nitrogen and oxygen atoms in total. The van der Waals surface area contributed by atoms with E-state index in [4.69, 9.17) is 4.74 Å². The van der Waals surface area contributed by atoms with E-state index in [1.54, 1.807) is 7.11 Å². The number of Topliss-reactive ketones (excluding diaryl/α,β-unsaturated/α-hetero) is 1. The molecule has 0 bridgehead atoms. The van der Waals surface area contributed by atoms with E-state index in [1.807, 2.05) is 12.1 Å². The molecular weight excluding hydrogens is 370 g/mol. The van der Waals surface area contributed by atoms with E-state index in [2.05, 4.69) is 17.0 Å². The average molecular weight is 410 g/mol. The molecule has 4 aliphatic rings. The van der Waals surface area contributed by atoms with E-state index in [1.165, 1.54) is 76.4 Å². The fourth-order valence-electron chi connectivity index (χ4n) is 7.58. The van der Waals surface area contributed by atoms with Crippen LogP contribution in [0, 0.1) is 29.6 Å². The Morgan fingerprint density at radius 1 is 0.967 bits per heavy atom. The fraction of sp³-hybridized carbons (Fsp3) is 0.741. The highest BCUT2D eigenvalue weighted by molar-refractivity contribution is 5.83. The summed E-state index contributed by atoms with van der Waals surface area (Å²) in [6.45, 7) is 2.57.